The number of hydrogen-bond donors (Lipinski definition) is 0. The Bertz CT molecular complexity index is 1630. The van der Waals surface area contributed by atoms with E-state index in [-0.39, 0.29) is 20.4 Å². The van der Waals surface area contributed by atoms with Crippen molar-refractivity contribution in [3.05, 3.63) is 113 Å². The fraction of sp³-hybridized carbons (Fsp3) is 0.730. The molecule has 0 unspecified atom stereocenters. The van der Waals surface area contributed by atoms with Crippen LogP contribution >= 0.6 is 0 Å². The van der Waals surface area contributed by atoms with Crippen molar-refractivity contribution in [1.82, 2.24) is 0 Å². The topological polar surface area (TPSA) is 25.3 Å². The summed E-state index contributed by atoms with van der Waals surface area (Å²) in [4.78, 5) is 0. The van der Waals surface area contributed by atoms with Gasteiger partial charge in [-0.2, -0.15) is 12.8 Å². The number of hydrogen-bond acceptors (Lipinski definition) is 0. The molecule has 2 aromatic carbocycles. The minimum atomic E-state index is 0. The number of unbranched alkanes of at least 4 members (excludes halogenated alkanes) is 36. The normalized spacial score (nSPS) is 12.2. The Balaban J connectivity index is 0.00000152. The third-order valence-corrected chi connectivity index (χ3v) is 15.7. The van der Waals surface area contributed by atoms with Crippen LogP contribution in [0.5, 0.6) is 0 Å². The molecule has 0 fully saturated rings. The molecule has 444 valence electrons. The van der Waals surface area contributed by atoms with Gasteiger partial charge in [-0.1, -0.05) is 297 Å². The number of nitrogens with zero attached hydrogens (tertiary/aromatic N) is 2. The molecule has 0 aromatic heterocycles. The van der Waals surface area contributed by atoms with Crippen molar-refractivity contribution in [2.75, 3.05) is 0 Å². The van der Waals surface area contributed by atoms with E-state index in [0.717, 1.165) is 73.0 Å². The summed E-state index contributed by atoms with van der Waals surface area (Å²) in [7, 11) is 0. The van der Waals surface area contributed by atoms with Crippen molar-refractivity contribution < 1.29 is 25.1 Å². The largest absolute Gasteiger partial charge is 2.00 e. The zero-order chi connectivity index (χ0) is 55.4. The third-order valence-electron chi connectivity index (χ3n) is 15.7. The molecule has 2 aromatic rings. The first kappa shape index (κ1) is 74.9. The molecule has 0 N–H and O–H groups in total. The Morgan fingerprint density at radius 3 is 0.922 bits per heavy atom. The van der Waals surface area contributed by atoms with Crippen LogP contribution in [-0.4, -0.2) is 4.70 Å². The molecule has 0 saturated carbocycles. The summed E-state index contributed by atoms with van der Waals surface area (Å²) >= 11 is 0. The number of rotatable bonds is 48. The van der Waals surface area contributed by atoms with Gasteiger partial charge in [-0.15, -0.1) is 0 Å². The van der Waals surface area contributed by atoms with E-state index in [2.05, 4.69) is 117 Å². The van der Waals surface area contributed by atoms with E-state index in [1.54, 1.807) is 0 Å². The quantitative estimate of drug-likeness (QED) is 0.0273. The fourth-order valence-corrected chi connectivity index (χ4v) is 10.7. The van der Waals surface area contributed by atoms with E-state index in [9.17, 15) is 5.53 Å². The van der Waals surface area contributed by atoms with Crippen LogP contribution in [0.1, 0.15) is 358 Å². The monoisotopic (exact) mass is 1150 g/mol. The molecule has 0 aliphatic carbocycles. The molecule has 0 amide bonds. The summed E-state index contributed by atoms with van der Waals surface area (Å²) in [6.45, 7) is 23.7. The van der Waals surface area contributed by atoms with Crippen LogP contribution in [0.15, 0.2) is 60.2 Å². The van der Waals surface area contributed by atoms with Crippen molar-refractivity contribution in [1.29, 1.82) is 0 Å². The number of benzene rings is 2. The van der Waals surface area contributed by atoms with Crippen molar-refractivity contribution >= 4 is 11.4 Å². The third kappa shape index (κ3) is 39.9. The Labute approximate surface area is 496 Å². The summed E-state index contributed by atoms with van der Waals surface area (Å²) in [6.07, 6.45) is 69.3. The molecular weight excluding hydrogens is 1020 g/mol. The first-order valence-corrected chi connectivity index (χ1v) is 33.8. The van der Waals surface area contributed by atoms with Crippen LogP contribution in [0.3, 0.4) is 0 Å². The smallest absolute Gasteiger partial charge is 0.493 e. The first-order valence-electron chi connectivity index (χ1n) is 33.8. The standard InChI is InChI=1S/C44H66N2.2C15H31.Pd/c1-6-11-16-17-18-19-20-21-22-23-28-40-35-43(41-31-36(24-12-7-2)29-37(32-41)25-13-8-3)46(45)44(40)42-33-38(26-14-9-4)30-39(34-42)27-15-10-5;2*1-3-5-7-9-11-13-15-14-12-10-8-6-4-2;/h23,28-35H,6-22,24-27H2,1-5H3;2*1,3-15H2,2H3;/q;2*-1;+2. The maximum atomic E-state index is 12.0. The van der Waals surface area contributed by atoms with E-state index in [1.807, 2.05) is 0 Å². The van der Waals surface area contributed by atoms with Crippen LogP contribution in [0.4, 0.5) is 0 Å². The molecule has 0 radical (unpaired) electrons. The van der Waals surface area contributed by atoms with E-state index in [1.165, 1.54) is 284 Å². The second kappa shape index (κ2) is 55.8. The molecule has 2 nitrogen and oxygen atoms in total. The van der Waals surface area contributed by atoms with Gasteiger partial charge in [0.25, 0.3) is 0 Å². The Morgan fingerprint density at radius 1 is 0.351 bits per heavy atom. The van der Waals surface area contributed by atoms with E-state index < -0.39 is 0 Å². The molecule has 1 aliphatic rings. The number of allylic oxidation sites excluding steroid dienone is 4. The Hall–Kier alpha value is -2.08. The molecular formula is C74H128N2Pd. The molecule has 3 rings (SSSR count). The van der Waals surface area contributed by atoms with Crippen molar-refractivity contribution in [3.8, 4) is 0 Å². The summed E-state index contributed by atoms with van der Waals surface area (Å²) in [5.41, 5.74) is 22.9. The molecule has 0 saturated heterocycles. The van der Waals surface area contributed by atoms with Crippen LogP contribution in [0.2, 0.25) is 0 Å². The molecule has 1 aliphatic heterocycles. The zero-order valence-corrected chi connectivity index (χ0v) is 54.1. The SMILES string of the molecule is CCCCCCCCCCC=CC1=C(c2cc(CCCC)cc(CCCC)c2)[N+](=[N-])C(c2cc(CCCC)cc(CCCC)c2)=C1.[CH2-]CCCCCCCCCCCCCC.[CH2-]CCCCCCCCCCCCCC.[Pd+2]. The summed E-state index contributed by atoms with van der Waals surface area (Å²) in [6, 6.07) is 14.2. The van der Waals surface area contributed by atoms with Crippen LogP contribution < -0.4 is 0 Å². The van der Waals surface area contributed by atoms with Gasteiger partial charge in [-0.3, -0.25) is 0 Å². The minimum Gasteiger partial charge on any atom is -0.493 e. The van der Waals surface area contributed by atoms with Gasteiger partial charge in [0.15, 0.2) is 0 Å². The van der Waals surface area contributed by atoms with E-state index in [4.69, 9.17) is 0 Å². The minimum absolute atomic E-state index is 0. The van der Waals surface area contributed by atoms with Gasteiger partial charge in [-0.25, -0.2) is 4.70 Å². The second-order valence-corrected chi connectivity index (χ2v) is 23.3. The van der Waals surface area contributed by atoms with Crippen molar-refractivity contribution in [2.45, 2.75) is 350 Å². The van der Waals surface area contributed by atoms with Crippen molar-refractivity contribution in [2.24, 2.45) is 0 Å². The maximum absolute atomic E-state index is 12.0. The average molecular weight is 1150 g/mol. The molecule has 77 heavy (non-hydrogen) atoms. The summed E-state index contributed by atoms with van der Waals surface area (Å²) in [5.74, 6) is 0. The number of aryl methyl sites for hydroxylation is 4. The molecule has 0 atom stereocenters. The Morgan fingerprint density at radius 2 is 0.623 bits per heavy atom. The predicted octanol–water partition coefficient (Wildman–Crippen LogP) is 25.8. The zero-order valence-electron chi connectivity index (χ0n) is 52.6. The van der Waals surface area contributed by atoms with Gasteiger partial charge in [0.2, 0.25) is 11.4 Å². The molecule has 1 heterocycles. The Kier molecular flexibility index (Phi) is 54.3. The van der Waals surface area contributed by atoms with E-state index in [0.29, 0.717) is 0 Å². The molecule has 3 heteroatoms. The summed E-state index contributed by atoms with van der Waals surface area (Å²) in [5, 5.41) is 0. The first-order chi connectivity index (χ1) is 37.4. The van der Waals surface area contributed by atoms with Gasteiger partial charge < -0.3 is 19.4 Å². The van der Waals surface area contributed by atoms with Crippen LogP contribution in [-0.2, 0) is 46.1 Å². The predicted molar refractivity (Wildman–Crippen MR) is 344 cm³/mol. The van der Waals surface area contributed by atoms with Gasteiger partial charge >= 0.3 is 20.4 Å². The molecule has 0 bridgehead atoms. The van der Waals surface area contributed by atoms with Gasteiger partial charge in [0, 0.05) is 17.2 Å². The second-order valence-electron chi connectivity index (χ2n) is 23.3. The fourth-order valence-electron chi connectivity index (χ4n) is 10.7. The summed E-state index contributed by atoms with van der Waals surface area (Å²) < 4.78 is 1.51. The van der Waals surface area contributed by atoms with Crippen LogP contribution in [0.25, 0.3) is 16.9 Å². The van der Waals surface area contributed by atoms with Crippen LogP contribution in [0, 0.1) is 13.8 Å². The molecule has 0 spiro atoms. The van der Waals surface area contributed by atoms with Gasteiger partial charge in [0.1, 0.15) is 0 Å². The maximum Gasteiger partial charge on any atom is 2.00 e. The van der Waals surface area contributed by atoms with Gasteiger partial charge in [-0.05, 0) is 111 Å². The van der Waals surface area contributed by atoms with E-state index >= 15 is 0 Å². The average Bonchev–Trinajstić information content (AvgIpc) is 3.77. The van der Waals surface area contributed by atoms with Gasteiger partial charge in [0.05, 0.1) is 5.57 Å². The van der Waals surface area contributed by atoms with Crippen molar-refractivity contribution in [3.63, 3.8) is 0 Å².